The highest BCUT2D eigenvalue weighted by Gasteiger charge is 2.55. The Kier molecular flexibility index (Phi) is 8.63. The van der Waals surface area contributed by atoms with Gasteiger partial charge < -0.3 is 20.7 Å². The number of nitrogens with two attached hydrogens (primary N) is 1. The summed E-state index contributed by atoms with van der Waals surface area (Å²) in [6, 6.07) is 3.97. The molecule has 0 bridgehead atoms. The highest BCUT2D eigenvalue weighted by atomic mass is 16.5. The van der Waals surface area contributed by atoms with Crippen molar-refractivity contribution < 1.29 is 19.7 Å². The molecule has 220 valence electrons. The van der Waals surface area contributed by atoms with E-state index < -0.39 is 6.10 Å². The Morgan fingerprint density at radius 3 is 2.76 bits per heavy atom. The standard InChI is InChI=1S/C35H48BNO4/c1-20-8-10-24(14-23(20)11-9-22-5-3-6-22)25-13-21(2)32-26(15-25)16-28(18-29(32)30(39)7-4-12-37)41-31-17-27(19-38)33-34(36-33)35(31)40/h8,10,14,16,18,20,22-23,25,27,31,33-36,38,40H,2-7,9,11-13,15,17,19,37H2,1H3. The predicted molar refractivity (Wildman–Crippen MR) is 167 cm³/mol. The van der Waals surface area contributed by atoms with Crippen molar-refractivity contribution >= 4 is 18.6 Å². The van der Waals surface area contributed by atoms with Gasteiger partial charge >= 0.3 is 0 Å². The van der Waals surface area contributed by atoms with E-state index in [1.165, 1.54) is 37.7 Å². The molecule has 1 heterocycles. The number of ether oxygens (including phenoxy) is 1. The van der Waals surface area contributed by atoms with E-state index in [2.05, 4.69) is 37.8 Å². The van der Waals surface area contributed by atoms with Crippen LogP contribution in [-0.2, 0) is 6.42 Å². The van der Waals surface area contributed by atoms with Gasteiger partial charge in [-0.15, -0.1) is 0 Å². The summed E-state index contributed by atoms with van der Waals surface area (Å²) in [6.07, 6.45) is 16.6. The van der Waals surface area contributed by atoms with Crippen LogP contribution < -0.4 is 10.5 Å². The van der Waals surface area contributed by atoms with Crippen molar-refractivity contribution in [3.05, 3.63) is 59.2 Å². The molecule has 5 aliphatic rings. The first kappa shape index (κ1) is 29.0. The van der Waals surface area contributed by atoms with Crippen LogP contribution in [0, 0.1) is 29.6 Å². The normalized spacial score (nSPS) is 34.1. The van der Waals surface area contributed by atoms with Crippen LogP contribution in [0.15, 0.2) is 42.5 Å². The van der Waals surface area contributed by atoms with Gasteiger partial charge in [-0.05, 0) is 115 Å². The van der Waals surface area contributed by atoms with Crippen LogP contribution >= 0.6 is 0 Å². The van der Waals surface area contributed by atoms with E-state index in [0.717, 1.165) is 42.7 Å². The van der Waals surface area contributed by atoms with Crippen molar-refractivity contribution in [1.29, 1.82) is 0 Å². The molecule has 41 heavy (non-hydrogen) atoms. The molecule has 1 saturated heterocycles. The van der Waals surface area contributed by atoms with Gasteiger partial charge in [0.2, 0.25) is 0 Å². The van der Waals surface area contributed by atoms with E-state index in [-0.39, 0.29) is 30.2 Å². The monoisotopic (exact) mass is 557 g/mol. The van der Waals surface area contributed by atoms with Crippen molar-refractivity contribution in [2.24, 2.45) is 35.3 Å². The summed E-state index contributed by atoms with van der Waals surface area (Å²) in [5.41, 5.74) is 11.0. The summed E-state index contributed by atoms with van der Waals surface area (Å²) in [5.74, 6) is 3.94. The zero-order valence-electron chi connectivity index (χ0n) is 24.8. The average molecular weight is 558 g/mol. The van der Waals surface area contributed by atoms with Crippen molar-refractivity contribution in [3.8, 4) is 5.75 Å². The van der Waals surface area contributed by atoms with Gasteiger partial charge in [-0.3, -0.25) is 4.79 Å². The van der Waals surface area contributed by atoms with E-state index >= 15 is 0 Å². The molecular weight excluding hydrogens is 509 g/mol. The fraction of sp³-hybridized carbons (Fsp3) is 0.629. The number of ketones is 1. The summed E-state index contributed by atoms with van der Waals surface area (Å²) >= 11 is 0. The number of aliphatic hydroxyl groups excluding tert-OH is 2. The number of benzene rings is 1. The minimum atomic E-state index is -0.533. The SMILES string of the molecule is C=C1CC(C2=CC(CCC3CCC3)C(C)C=C2)Cc2cc(OC3CC(CO)C4BC4C3O)cc(C(=O)CCCN)c21. The number of aliphatic hydroxyl groups is 2. The maximum absolute atomic E-state index is 13.4. The molecular formula is C35H48BNO4. The van der Waals surface area contributed by atoms with Crippen molar-refractivity contribution in [3.63, 3.8) is 0 Å². The quantitative estimate of drug-likeness (QED) is 0.241. The molecule has 8 unspecified atom stereocenters. The number of allylic oxidation sites excluding steroid dienone is 5. The maximum Gasteiger partial charge on any atom is 0.163 e. The number of carbonyl (C=O) groups is 1. The molecule has 0 spiro atoms. The Labute approximate surface area is 246 Å². The van der Waals surface area contributed by atoms with Gasteiger partial charge in [0.15, 0.2) is 5.78 Å². The molecule has 3 fully saturated rings. The van der Waals surface area contributed by atoms with Crippen LogP contribution in [0.5, 0.6) is 5.75 Å². The summed E-state index contributed by atoms with van der Waals surface area (Å²) in [6.45, 7) is 7.45. The molecule has 1 aromatic carbocycles. The molecule has 2 saturated carbocycles. The third kappa shape index (κ3) is 6.03. The number of rotatable bonds is 11. The number of fused-ring (bicyclic) bond motifs is 2. The molecule has 0 amide bonds. The summed E-state index contributed by atoms with van der Waals surface area (Å²) in [5, 5.41) is 20.9. The van der Waals surface area contributed by atoms with Crippen LogP contribution in [0.4, 0.5) is 0 Å². The highest BCUT2D eigenvalue weighted by molar-refractivity contribution is 6.54. The molecule has 1 aromatic rings. The topological polar surface area (TPSA) is 92.8 Å². The smallest absolute Gasteiger partial charge is 0.163 e. The molecule has 4 N–H and O–H groups in total. The lowest BCUT2D eigenvalue weighted by molar-refractivity contribution is -0.00486. The zero-order chi connectivity index (χ0) is 28.7. The molecule has 0 aromatic heterocycles. The minimum Gasteiger partial charge on any atom is -0.488 e. The van der Waals surface area contributed by atoms with Crippen LogP contribution in [0.3, 0.4) is 0 Å². The van der Waals surface area contributed by atoms with Crippen LogP contribution in [-0.4, -0.2) is 48.6 Å². The highest BCUT2D eigenvalue weighted by Crippen LogP contribution is 2.56. The molecule has 4 aliphatic carbocycles. The number of hydrogen-bond acceptors (Lipinski definition) is 5. The summed E-state index contributed by atoms with van der Waals surface area (Å²) < 4.78 is 6.48. The van der Waals surface area contributed by atoms with E-state index in [1.807, 2.05) is 6.07 Å². The van der Waals surface area contributed by atoms with Crippen molar-refractivity contribution in [1.82, 2.24) is 0 Å². The Hall–Kier alpha value is -2.15. The Balaban J connectivity index is 1.26. The maximum atomic E-state index is 13.4. The first-order valence-electron chi connectivity index (χ1n) is 16.3. The first-order valence-corrected chi connectivity index (χ1v) is 16.3. The molecule has 1 aliphatic heterocycles. The van der Waals surface area contributed by atoms with Crippen molar-refractivity contribution in [2.75, 3.05) is 13.2 Å². The van der Waals surface area contributed by atoms with Gasteiger partial charge in [0.25, 0.3) is 0 Å². The van der Waals surface area contributed by atoms with Gasteiger partial charge in [0.1, 0.15) is 19.1 Å². The van der Waals surface area contributed by atoms with E-state index in [1.54, 1.807) is 0 Å². The van der Waals surface area contributed by atoms with Gasteiger partial charge in [-0.25, -0.2) is 0 Å². The number of Topliss-reactive ketones (excluding diaryl/α,β-unsaturated/α-hetero) is 1. The van der Waals surface area contributed by atoms with Crippen LogP contribution in [0.1, 0.15) is 86.2 Å². The zero-order valence-corrected chi connectivity index (χ0v) is 24.8. The third-order valence-electron chi connectivity index (χ3n) is 11.1. The Bertz CT molecular complexity index is 1220. The molecule has 0 radical (unpaired) electrons. The van der Waals surface area contributed by atoms with Gasteiger partial charge in [-0.2, -0.15) is 0 Å². The predicted octanol–water partition coefficient (Wildman–Crippen LogP) is 5.66. The van der Waals surface area contributed by atoms with Crippen LogP contribution in [0.25, 0.3) is 5.57 Å². The fourth-order valence-electron chi connectivity index (χ4n) is 8.16. The van der Waals surface area contributed by atoms with E-state index in [4.69, 9.17) is 10.5 Å². The molecule has 5 nitrogen and oxygen atoms in total. The summed E-state index contributed by atoms with van der Waals surface area (Å²) in [7, 11) is 0.962. The lowest BCUT2D eigenvalue weighted by Crippen LogP contribution is -2.38. The van der Waals surface area contributed by atoms with Crippen LogP contribution in [0.2, 0.25) is 11.6 Å². The van der Waals surface area contributed by atoms with E-state index in [9.17, 15) is 15.0 Å². The van der Waals surface area contributed by atoms with Gasteiger partial charge in [-0.1, -0.05) is 56.8 Å². The number of hydrogen-bond donors (Lipinski definition) is 3. The largest absolute Gasteiger partial charge is 0.488 e. The second kappa shape index (κ2) is 12.2. The lowest BCUT2D eigenvalue weighted by atomic mass is 9.71. The lowest BCUT2D eigenvalue weighted by Gasteiger charge is -2.35. The Morgan fingerprint density at radius 1 is 1.20 bits per heavy atom. The second-order valence-corrected chi connectivity index (χ2v) is 13.8. The second-order valence-electron chi connectivity index (χ2n) is 13.8. The molecule has 8 atom stereocenters. The molecule has 6 heteroatoms. The Morgan fingerprint density at radius 2 is 2.02 bits per heavy atom. The fourth-order valence-corrected chi connectivity index (χ4v) is 8.16. The van der Waals surface area contributed by atoms with Gasteiger partial charge in [0, 0.05) is 18.6 Å². The minimum absolute atomic E-state index is 0.0816. The van der Waals surface area contributed by atoms with Gasteiger partial charge in [0.05, 0.1) is 6.10 Å². The summed E-state index contributed by atoms with van der Waals surface area (Å²) in [4.78, 5) is 13.4. The molecule has 6 rings (SSSR count). The van der Waals surface area contributed by atoms with Crippen molar-refractivity contribution in [2.45, 2.75) is 95.0 Å². The third-order valence-corrected chi connectivity index (χ3v) is 11.1. The number of carbonyl (C=O) groups excluding carboxylic acids is 1. The first-order chi connectivity index (χ1) is 19.9. The van der Waals surface area contributed by atoms with E-state index in [0.29, 0.717) is 60.7 Å². The average Bonchev–Trinajstić information content (AvgIpc) is 3.74.